The number of nitrogens with two attached hydrogens (primary N) is 1. The molecule has 1 saturated carbocycles. The number of nitrogens with zero attached hydrogens (tertiary/aromatic N) is 2. The quantitative estimate of drug-likeness (QED) is 0.503. The molecule has 0 radical (unpaired) electrons. The largest absolute Gasteiger partial charge is 0.348 e. The lowest BCUT2D eigenvalue weighted by atomic mass is 10.0. The molecule has 0 aromatic carbocycles. The molecule has 1 aliphatic carbocycles. The average Bonchev–Trinajstić information content (AvgIpc) is 3.17. The van der Waals surface area contributed by atoms with Crippen LogP contribution in [0, 0.1) is 5.92 Å². The number of hydrogen-bond acceptors (Lipinski definition) is 5. The number of carbonyl (C=O) groups excluding carboxylic acids is 1. The molecule has 5 nitrogen and oxygen atoms in total. The number of anilines is 1. The van der Waals surface area contributed by atoms with Gasteiger partial charge in [0.1, 0.15) is 4.88 Å². The summed E-state index contributed by atoms with van der Waals surface area (Å²) in [5.41, 5.74) is 3.20. The molecule has 1 amide bonds. The number of nitrogen functional groups attached to an aromatic ring is 1. The number of rotatable bonds is 3. The number of hydrazine groups is 1. The van der Waals surface area contributed by atoms with Gasteiger partial charge in [-0.1, -0.05) is 18.3 Å². The topological polar surface area (TPSA) is 71.2 Å². The van der Waals surface area contributed by atoms with Gasteiger partial charge in [-0.05, 0) is 31.6 Å². The molecule has 2 aliphatic rings. The number of aromatic nitrogens is 1. The van der Waals surface area contributed by atoms with Crippen molar-refractivity contribution in [2.24, 2.45) is 11.8 Å². The van der Waals surface area contributed by atoms with Crippen LogP contribution >= 0.6 is 11.3 Å². The van der Waals surface area contributed by atoms with E-state index in [1.165, 1.54) is 24.2 Å². The summed E-state index contributed by atoms with van der Waals surface area (Å²) in [6.07, 6.45) is 4.78. The maximum Gasteiger partial charge on any atom is 0.277 e. The van der Waals surface area contributed by atoms with Gasteiger partial charge in [-0.25, -0.2) is 10.8 Å². The van der Waals surface area contributed by atoms with Gasteiger partial charge in [0.05, 0.1) is 5.69 Å². The summed E-state index contributed by atoms with van der Waals surface area (Å²) in [5, 5.41) is 0.993. The Labute approximate surface area is 117 Å². The van der Waals surface area contributed by atoms with Gasteiger partial charge in [0, 0.05) is 19.0 Å². The van der Waals surface area contributed by atoms with Crippen molar-refractivity contribution in [3.63, 3.8) is 0 Å². The van der Waals surface area contributed by atoms with Crippen LogP contribution < -0.4 is 16.2 Å². The molecule has 1 saturated heterocycles. The van der Waals surface area contributed by atoms with Crippen LogP contribution in [0.3, 0.4) is 0 Å². The zero-order chi connectivity index (χ0) is 13.4. The molecule has 6 heteroatoms. The van der Waals surface area contributed by atoms with Gasteiger partial charge >= 0.3 is 0 Å². The van der Waals surface area contributed by atoms with Crippen molar-refractivity contribution in [2.75, 3.05) is 18.0 Å². The van der Waals surface area contributed by atoms with Gasteiger partial charge in [0.25, 0.3) is 5.91 Å². The maximum absolute atomic E-state index is 11.8. The van der Waals surface area contributed by atoms with Gasteiger partial charge < -0.3 is 4.90 Å². The minimum atomic E-state index is -0.198. The zero-order valence-corrected chi connectivity index (χ0v) is 12.0. The molecule has 1 atom stereocenters. The fraction of sp³-hybridized carbons (Fsp3) is 0.692. The van der Waals surface area contributed by atoms with Gasteiger partial charge in [-0.15, -0.1) is 0 Å². The molecule has 1 aliphatic heterocycles. The van der Waals surface area contributed by atoms with E-state index in [1.54, 1.807) is 0 Å². The standard InChI is InChI=1S/C13H20N4OS/c1-8-3-2-6-17(7-8)13-15-10(9-4-5-9)11(19-13)12(18)16-14/h8-9H,2-7,14H2,1H3,(H,16,18). The van der Waals surface area contributed by atoms with Gasteiger partial charge in [-0.3, -0.25) is 10.2 Å². The molecule has 3 rings (SSSR count). The van der Waals surface area contributed by atoms with Crippen LogP contribution in [-0.2, 0) is 0 Å². The number of thiazole rings is 1. The number of hydrogen-bond donors (Lipinski definition) is 2. The normalized spacial score (nSPS) is 23.5. The second-order valence-corrected chi connectivity index (χ2v) is 6.63. The lowest BCUT2D eigenvalue weighted by molar-refractivity contribution is 0.0956. The molecule has 1 aromatic rings. The van der Waals surface area contributed by atoms with Crippen LogP contribution in [0.2, 0.25) is 0 Å². The molecule has 19 heavy (non-hydrogen) atoms. The van der Waals surface area contributed by atoms with E-state index in [9.17, 15) is 4.79 Å². The first-order chi connectivity index (χ1) is 9.19. The highest BCUT2D eigenvalue weighted by Gasteiger charge is 2.33. The van der Waals surface area contributed by atoms with Crippen LogP contribution in [0.5, 0.6) is 0 Å². The third-order valence-corrected chi connectivity index (χ3v) is 5.00. The van der Waals surface area contributed by atoms with E-state index in [0.717, 1.165) is 36.8 Å². The van der Waals surface area contributed by atoms with Gasteiger partial charge in [-0.2, -0.15) is 0 Å². The first kappa shape index (κ1) is 12.9. The highest BCUT2D eigenvalue weighted by atomic mass is 32.1. The van der Waals surface area contributed by atoms with Crippen LogP contribution in [-0.4, -0.2) is 24.0 Å². The summed E-state index contributed by atoms with van der Waals surface area (Å²) < 4.78 is 0. The Morgan fingerprint density at radius 1 is 1.47 bits per heavy atom. The van der Waals surface area contributed by atoms with Crippen molar-refractivity contribution in [1.29, 1.82) is 0 Å². The SMILES string of the molecule is CC1CCCN(c2nc(C3CC3)c(C(=O)NN)s2)C1. The number of carbonyl (C=O) groups is 1. The van der Waals surface area contributed by atoms with Crippen molar-refractivity contribution in [2.45, 2.75) is 38.5 Å². The Kier molecular flexibility index (Phi) is 3.45. The Bertz CT molecular complexity index is 483. The maximum atomic E-state index is 11.8. The van der Waals surface area contributed by atoms with Gasteiger partial charge in [0.2, 0.25) is 0 Å². The van der Waals surface area contributed by atoms with Crippen LogP contribution in [0.25, 0.3) is 0 Å². The number of amides is 1. The first-order valence-corrected chi connectivity index (χ1v) is 7.77. The molecule has 2 fully saturated rings. The second kappa shape index (κ2) is 5.09. The number of nitrogens with one attached hydrogen (secondary N) is 1. The third kappa shape index (κ3) is 2.60. The predicted octanol–water partition coefficient (Wildman–Crippen LogP) is 1.86. The Morgan fingerprint density at radius 3 is 2.89 bits per heavy atom. The molecule has 0 spiro atoms. The smallest absolute Gasteiger partial charge is 0.277 e. The minimum absolute atomic E-state index is 0.198. The van der Waals surface area contributed by atoms with Crippen molar-refractivity contribution < 1.29 is 4.79 Å². The van der Waals surface area contributed by atoms with Crippen molar-refractivity contribution >= 4 is 22.4 Å². The summed E-state index contributed by atoms with van der Waals surface area (Å²) in [7, 11) is 0. The molecular weight excluding hydrogens is 260 g/mol. The summed E-state index contributed by atoms with van der Waals surface area (Å²) in [5.74, 6) is 6.24. The molecule has 1 aromatic heterocycles. The van der Waals surface area contributed by atoms with Crippen LogP contribution in [0.15, 0.2) is 0 Å². The highest BCUT2D eigenvalue weighted by Crippen LogP contribution is 2.44. The van der Waals surface area contributed by atoms with Crippen molar-refractivity contribution in [1.82, 2.24) is 10.4 Å². The fourth-order valence-electron chi connectivity index (χ4n) is 2.68. The second-order valence-electron chi connectivity index (χ2n) is 5.65. The Balaban J connectivity index is 1.87. The van der Waals surface area contributed by atoms with E-state index >= 15 is 0 Å². The predicted molar refractivity (Wildman–Crippen MR) is 76.4 cm³/mol. The first-order valence-electron chi connectivity index (χ1n) is 6.95. The molecule has 0 bridgehead atoms. The summed E-state index contributed by atoms with van der Waals surface area (Å²) in [4.78, 5) is 19.6. The molecule has 3 N–H and O–H groups in total. The van der Waals surface area contributed by atoms with Crippen LogP contribution in [0.4, 0.5) is 5.13 Å². The van der Waals surface area contributed by atoms with E-state index in [2.05, 4.69) is 17.2 Å². The zero-order valence-electron chi connectivity index (χ0n) is 11.2. The minimum Gasteiger partial charge on any atom is -0.348 e. The van der Waals surface area contributed by atoms with Crippen molar-refractivity contribution in [3.8, 4) is 0 Å². The number of piperidine rings is 1. The van der Waals surface area contributed by atoms with E-state index < -0.39 is 0 Å². The molecule has 1 unspecified atom stereocenters. The van der Waals surface area contributed by atoms with E-state index in [0.29, 0.717) is 16.7 Å². The third-order valence-electron chi connectivity index (χ3n) is 3.87. The average molecular weight is 280 g/mol. The monoisotopic (exact) mass is 280 g/mol. The molecule has 104 valence electrons. The lowest BCUT2D eigenvalue weighted by Gasteiger charge is -2.30. The summed E-state index contributed by atoms with van der Waals surface area (Å²) >= 11 is 1.49. The molecular formula is C13H20N4OS. The van der Waals surface area contributed by atoms with Gasteiger partial charge in [0.15, 0.2) is 5.13 Å². The van der Waals surface area contributed by atoms with E-state index in [-0.39, 0.29) is 5.91 Å². The Hall–Kier alpha value is -1.14. The van der Waals surface area contributed by atoms with E-state index in [4.69, 9.17) is 10.8 Å². The molecule has 2 heterocycles. The van der Waals surface area contributed by atoms with Crippen LogP contribution in [0.1, 0.15) is 53.9 Å². The van der Waals surface area contributed by atoms with E-state index in [1.807, 2.05) is 0 Å². The Morgan fingerprint density at radius 2 is 2.26 bits per heavy atom. The summed E-state index contributed by atoms with van der Waals surface area (Å²) in [6, 6.07) is 0. The van der Waals surface area contributed by atoms with Crippen molar-refractivity contribution in [3.05, 3.63) is 10.6 Å². The highest BCUT2D eigenvalue weighted by molar-refractivity contribution is 7.17. The fourth-order valence-corrected chi connectivity index (χ4v) is 3.77. The lowest BCUT2D eigenvalue weighted by Crippen LogP contribution is -2.34. The summed E-state index contributed by atoms with van der Waals surface area (Å²) in [6.45, 7) is 4.36.